The van der Waals surface area contributed by atoms with Crippen LogP contribution in [0.3, 0.4) is 0 Å². The van der Waals surface area contributed by atoms with Gasteiger partial charge in [-0.05, 0) is 18.6 Å². The van der Waals surface area contributed by atoms with Crippen molar-refractivity contribution >= 4 is 23.3 Å². The molecule has 0 atom stereocenters. The number of nitrogens with one attached hydrogen (secondary N) is 1. The first-order valence-corrected chi connectivity index (χ1v) is 6.12. The third kappa shape index (κ3) is 3.45. The smallest absolute Gasteiger partial charge is 0.356 e. The molecular weight excluding hydrogens is 264 g/mol. The molecular formula is C14H13ClN2O2. The zero-order valence-electron chi connectivity index (χ0n) is 10.4. The minimum Gasteiger partial charge on any atom is -0.476 e. The van der Waals surface area contributed by atoms with E-state index in [0.29, 0.717) is 17.3 Å². The standard InChI is InChI=1S/C14H13ClN2O2/c1-9-2-4-10(5-3-9)7-16-12-6-11(15)8-17-13(12)14(18)19/h2-6,8,16H,7H2,1H3,(H,18,19). The summed E-state index contributed by atoms with van der Waals surface area (Å²) >= 11 is 5.83. The Bertz CT molecular complexity index is 597. The molecule has 5 heteroatoms. The second-order valence-corrected chi connectivity index (χ2v) is 4.63. The number of hydrogen-bond acceptors (Lipinski definition) is 3. The third-order valence-electron chi connectivity index (χ3n) is 2.66. The molecule has 0 radical (unpaired) electrons. The quantitative estimate of drug-likeness (QED) is 0.899. The van der Waals surface area contributed by atoms with E-state index in [9.17, 15) is 4.79 Å². The zero-order valence-corrected chi connectivity index (χ0v) is 11.1. The van der Waals surface area contributed by atoms with E-state index in [0.717, 1.165) is 5.56 Å². The molecule has 0 unspecified atom stereocenters. The number of nitrogens with zero attached hydrogens (tertiary/aromatic N) is 1. The maximum Gasteiger partial charge on any atom is 0.356 e. The van der Waals surface area contributed by atoms with E-state index in [4.69, 9.17) is 16.7 Å². The van der Waals surface area contributed by atoms with Crippen LogP contribution in [-0.2, 0) is 6.54 Å². The molecule has 0 aliphatic carbocycles. The van der Waals surface area contributed by atoms with Gasteiger partial charge in [0.15, 0.2) is 5.69 Å². The van der Waals surface area contributed by atoms with Gasteiger partial charge in [-0.1, -0.05) is 41.4 Å². The number of aromatic carboxylic acids is 1. The molecule has 2 rings (SSSR count). The van der Waals surface area contributed by atoms with Crippen LogP contribution in [0, 0.1) is 6.92 Å². The van der Waals surface area contributed by atoms with Crippen LogP contribution in [0.4, 0.5) is 5.69 Å². The molecule has 4 nitrogen and oxygen atoms in total. The van der Waals surface area contributed by atoms with Crippen LogP contribution in [-0.4, -0.2) is 16.1 Å². The summed E-state index contributed by atoms with van der Waals surface area (Å²) in [5.74, 6) is -1.08. The van der Waals surface area contributed by atoms with Gasteiger partial charge in [0.25, 0.3) is 0 Å². The molecule has 0 amide bonds. The molecule has 2 N–H and O–H groups in total. The zero-order chi connectivity index (χ0) is 13.8. The highest BCUT2D eigenvalue weighted by molar-refractivity contribution is 6.30. The van der Waals surface area contributed by atoms with Crippen LogP contribution in [0.5, 0.6) is 0 Å². The largest absolute Gasteiger partial charge is 0.476 e. The molecule has 0 saturated heterocycles. The number of hydrogen-bond donors (Lipinski definition) is 2. The second kappa shape index (κ2) is 5.71. The van der Waals surface area contributed by atoms with Crippen molar-refractivity contribution in [2.45, 2.75) is 13.5 Å². The molecule has 0 bridgehead atoms. The first-order valence-electron chi connectivity index (χ1n) is 5.74. The summed E-state index contributed by atoms with van der Waals surface area (Å²) in [7, 11) is 0. The van der Waals surface area contributed by atoms with Gasteiger partial charge in [0.2, 0.25) is 0 Å². The maximum absolute atomic E-state index is 11.0. The summed E-state index contributed by atoms with van der Waals surface area (Å²) in [6, 6.07) is 9.55. The molecule has 1 heterocycles. The normalized spacial score (nSPS) is 10.2. The second-order valence-electron chi connectivity index (χ2n) is 4.19. The molecule has 0 aliphatic heterocycles. The van der Waals surface area contributed by atoms with Crippen LogP contribution in [0.15, 0.2) is 36.5 Å². The lowest BCUT2D eigenvalue weighted by Crippen LogP contribution is -2.08. The molecule has 1 aromatic heterocycles. The van der Waals surface area contributed by atoms with Gasteiger partial charge in [-0.2, -0.15) is 0 Å². The van der Waals surface area contributed by atoms with Gasteiger partial charge in [-0.15, -0.1) is 0 Å². The number of rotatable bonds is 4. The number of carboxylic acid groups (broad SMARTS) is 1. The van der Waals surface area contributed by atoms with E-state index >= 15 is 0 Å². The molecule has 0 aliphatic rings. The van der Waals surface area contributed by atoms with E-state index in [1.165, 1.54) is 11.8 Å². The lowest BCUT2D eigenvalue weighted by Gasteiger charge is -2.09. The fourth-order valence-corrected chi connectivity index (χ4v) is 1.81. The first-order chi connectivity index (χ1) is 9.06. The van der Waals surface area contributed by atoms with Gasteiger partial charge in [0, 0.05) is 12.7 Å². The van der Waals surface area contributed by atoms with Crippen LogP contribution >= 0.6 is 11.6 Å². The highest BCUT2D eigenvalue weighted by Crippen LogP contribution is 2.19. The maximum atomic E-state index is 11.0. The van der Waals surface area contributed by atoms with E-state index < -0.39 is 5.97 Å². The fourth-order valence-electron chi connectivity index (χ4n) is 1.65. The van der Waals surface area contributed by atoms with E-state index in [-0.39, 0.29) is 5.69 Å². The van der Waals surface area contributed by atoms with Crippen LogP contribution in [0.25, 0.3) is 0 Å². The summed E-state index contributed by atoms with van der Waals surface area (Å²) in [6.45, 7) is 2.53. The van der Waals surface area contributed by atoms with Gasteiger partial charge in [-0.3, -0.25) is 0 Å². The highest BCUT2D eigenvalue weighted by atomic mass is 35.5. The Kier molecular flexibility index (Phi) is 4.02. The van der Waals surface area contributed by atoms with Crippen LogP contribution < -0.4 is 5.32 Å². The number of aromatic nitrogens is 1. The van der Waals surface area contributed by atoms with Crippen LogP contribution in [0.1, 0.15) is 21.6 Å². The van der Waals surface area contributed by atoms with Crippen molar-refractivity contribution in [1.82, 2.24) is 4.98 Å². The molecule has 0 spiro atoms. The van der Waals surface area contributed by atoms with Crippen molar-refractivity contribution in [2.75, 3.05) is 5.32 Å². The van der Waals surface area contributed by atoms with Gasteiger partial charge in [-0.25, -0.2) is 9.78 Å². The summed E-state index contributed by atoms with van der Waals surface area (Å²) in [5.41, 5.74) is 2.62. The topological polar surface area (TPSA) is 62.2 Å². The van der Waals surface area contributed by atoms with Gasteiger partial charge >= 0.3 is 5.97 Å². The molecule has 1 aromatic carbocycles. The summed E-state index contributed by atoms with van der Waals surface area (Å²) < 4.78 is 0. The van der Waals surface area contributed by atoms with Crippen molar-refractivity contribution in [3.63, 3.8) is 0 Å². The van der Waals surface area contributed by atoms with E-state index in [1.54, 1.807) is 6.07 Å². The number of benzene rings is 1. The third-order valence-corrected chi connectivity index (χ3v) is 2.87. The minimum absolute atomic E-state index is 0.0310. The molecule has 2 aromatic rings. The average Bonchev–Trinajstić information content (AvgIpc) is 2.38. The number of halogens is 1. The predicted octanol–water partition coefficient (Wildman–Crippen LogP) is 3.35. The Balaban J connectivity index is 2.16. The number of anilines is 1. The molecule has 0 saturated carbocycles. The van der Waals surface area contributed by atoms with Gasteiger partial charge in [0.05, 0.1) is 10.7 Å². The van der Waals surface area contributed by atoms with Crippen molar-refractivity contribution in [3.05, 3.63) is 58.4 Å². The lowest BCUT2D eigenvalue weighted by atomic mass is 10.1. The summed E-state index contributed by atoms with van der Waals surface area (Å²) in [4.78, 5) is 14.9. The number of aryl methyl sites for hydroxylation is 1. The van der Waals surface area contributed by atoms with Gasteiger partial charge < -0.3 is 10.4 Å². The summed E-state index contributed by atoms with van der Waals surface area (Å²) in [6.07, 6.45) is 1.32. The lowest BCUT2D eigenvalue weighted by molar-refractivity contribution is 0.0691. The van der Waals surface area contributed by atoms with Crippen molar-refractivity contribution in [3.8, 4) is 0 Å². The fraction of sp³-hybridized carbons (Fsp3) is 0.143. The summed E-state index contributed by atoms with van der Waals surface area (Å²) in [5, 5.41) is 12.5. The van der Waals surface area contributed by atoms with Gasteiger partial charge in [0.1, 0.15) is 0 Å². The van der Waals surface area contributed by atoms with E-state index in [2.05, 4.69) is 10.3 Å². The Morgan fingerprint density at radius 1 is 1.37 bits per heavy atom. The Morgan fingerprint density at radius 3 is 2.68 bits per heavy atom. The van der Waals surface area contributed by atoms with Crippen LogP contribution in [0.2, 0.25) is 5.02 Å². The number of carboxylic acids is 1. The average molecular weight is 277 g/mol. The monoisotopic (exact) mass is 276 g/mol. The predicted molar refractivity (Wildman–Crippen MR) is 74.7 cm³/mol. The minimum atomic E-state index is -1.08. The number of carbonyl (C=O) groups is 1. The molecule has 19 heavy (non-hydrogen) atoms. The Labute approximate surface area is 116 Å². The SMILES string of the molecule is Cc1ccc(CNc2cc(Cl)cnc2C(=O)O)cc1. The molecule has 98 valence electrons. The van der Waals surface area contributed by atoms with Crippen molar-refractivity contribution in [1.29, 1.82) is 0 Å². The molecule has 0 fully saturated rings. The highest BCUT2D eigenvalue weighted by Gasteiger charge is 2.12. The van der Waals surface area contributed by atoms with E-state index in [1.807, 2.05) is 31.2 Å². The van der Waals surface area contributed by atoms with Crippen molar-refractivity contribution < 1.29 is 9.90 Å². The Morgan fingerprint density at radius 2 is 2.05 bits per heavy atom. The number of pyridine rings is 1. The Hall–Kier alpha value is -2.07. The first kappa shape index (κ1) is 13.4. The van der Waals surface area contributed by atoms with Crippen molar-refractivity contribution in [2.24, 2.45) is 0 Å².